The van der Waals surface area contributed by atoms with Crippen LogP contribution in [0.5, 0.6) is 0 Å². The summed E-state index contributed by atoms with van der Waals surface area (Å²) in [5.41, 5.74) is -0.520. The molecule has 3 aliphatic rings. The Balaban J connectivity index is 1.24. The maximum absolute atomic E-state index is 15.5. The number of fused-ring (bicyclic) bond motifs is 1. The van der Waals surface area contributed by atoms with Crippen LogP contribution in [0.3, 0.4) is 0 Å². The molecular formula is C29H27F2N3O3. The summed E-state index contributed by atoms with van der Waals surface area (Å²) in [6.45, 7) is 4.64. The van der Waals surface area contributed by atoms with Gasteiger partial charge in [0.25, 0.3) is 11.8 Å². The van der Waals surface area contributed by atoms with Crippen LogP contribution < -0.4 is 0 Å². The van der Waals surface area contributed by atoms with E-state index in [0.29, 0.717) is 43.9 Å². The summed E-state index contributed by atoms with van der Waals surface area (Å²) in [4.78, 5) is 33.2. The molecule has 3 aromatic carbocycles. The molecule has 2 amide bonds. The number of aliphatic hydroxyl groups is 1. The third-order valence-electron chi connectivity index (χ3n) is 7.56. The Morgan fingerprint density at radius 1 is 1.00 bits per heavy atom. The first kappa shape index (κ1) is 23.7. The summed E-state index contributed by atoms with van der Waals surface area (Å²) in [5, 5.41) is 11.7. The first-order valence-corrected chi connectivity index (χ1v) is 12.5. The van der Waals surface area contributed by atoms with Crippen molar-refractivity contribution in [3.63, 3.8) is 0 Å². The molecule has 6 nitrogen and oxygen atoms in total. The number of rotatable bonds is 5. The van der Waals surface area contributed by atoms with Crippen LogP contribution in [0.1, 0.15) is 32.3 Å². The Kier molecular flexibility index (Phi) is 5.25. The smallest absolute Gasteiger partial charge is 0.255 e. The van der Waals surface area contributed by atoms with E-state index in [0.717, 1.165) is 16.3 Å². The molecule has 0 spiro atoms. The zero-order chi connectivity index (χ0) is 26.1. The fourth-order valence-corrected chi connectivity index (χ4v) is 5.18. The number of likely N-dealkylation sites (tertiary alicyclic amines) is 1. The number of carbonyl (C=O) groups excluding carboxylic acids is 2. The van der Waals surface area contributed by atoms with Crippen molar-refractivity contribution in [2.24, 2.45) is 10.9 Å². The van der Waals surface area contributed by atoms with Gasteiger partial charge in [-0.15, -0.1) is 0 Å². The predicted octanol–water partition coefficient (Wildman–Crippen LogP) is 4.14. The fourth-order valence-electron chi connectivity index (χ4n) is 5.18. The van der Waals surface area contributed by atoms with Gasteiger partial charge >= 0.3 is 0 Å². The zero-order valence-electron chi connectivity index (χ0n) is 20.7. The summed E-state index contributed by atoms with van der Waals surface area (Å²) >= 11 is 0. The molecule has 2 heterocycles. The highest BCUT2D eigenvalue weighted by atomic mass is 19.1. The standard InChI is InChI=1S/C29H27F2N3O3/c1-28(2)26(35)34(16-17-14-33(15-17)27(36)29(37)9-10-29)25(32-28)23-8-6-21(13-24(23)31)18-3-4-20-12-22(30)7-5-19(20)11-18/h3-8,11-13,17,37H,9-10,14-16H2,1-2H3. The van der Waals surface area contributed by atoms with E-state index in [1.165, 1.54) is 23.1 Å². The average molecular weight is 504 g/mol. The fraction of sp³-hybridized carbons (Fsp3) is 0.345. The number of amides is 2. The largest absolute Gasteiger partial charge is 0.380 e. The summed E-state index contributed by atoms with van der Waals surface area (Å²) in [6.07, 6.45) is 0.991. The van der Waals surface area contributed by atoms with Crippen LogP contribution in [-0.2, 0) is 9.59 Å². The topological polar surface area (TPSA) is 73.2 Å². The lowest BCUT2D eigenvalue weighted by Gasteiger charge is -2.42. The summed E-state index contributed by atoms with van der Waals surface area (Å²) in [5.74, 6) is -0.939. The van der Waals surface area contributed by atoms with Crippen molar-refractivity contribution in [1.29, 1.82) is 0 Å². The van der Waals surface area contributed by atoms with Gasteiger partial charge < -0.3 is 10.0 Å². The Morgan fingerprint density at radius 2 is 1.65 bits per heavy atom. The lowest BCUT2D eigenvalue weighted by molar-refractivity contribution is -0.149. The number of aliphatic imine (C=N–C) groups is 1. The molecule has 0 aromatic heterocycles. The van der Waals surface area contributed by atoms with Gasteiger partial charge in [-0.1, -0.05) is 24.3 Å². The Bertz CT molecular complexity index is 1490. The minimum atomic E-state index is -1.20. The lowest BCUT2D eigenvalue weighted by atomic mass is 9.96. The molecule has 190 valence electrons. The summed E-state index contributed by atoms with van der Waals surface area (Å²) in [7, 11) is 0. The molecule has 0 atom stereocenters. The second kappa shape index (κ2) is 8.18. The summed E-state index contributed by atoms with van der Waals surface area (Å²) < 4.78 is 29.0. The monoisotopic (exact) mass is 503 g/mol. The van der Waals surface area contributed by atoms with E-state index in [9.17, 15) is 19.1 Å². The van der Waals surface area contributed by atoms with E-state index in [2.05, 4.69) is 4.99 Å². The van der Waals surface area contributed by atoms with E-state index in [4.69, 9.17) is 0 Å². The first-order valence-electron chi connectivity index (χ1n) is 12.5. The van der Waals surface area contributed by atoms with Crippen LogP contribution in [0.4, 0.5) is 8.78 Å². The van der Waals surface area contributed by atoms with Crippen molar-refractivity contribution in [3.05, 3.63) is 71.8 Å². The number of carbonyl (C=O) groups is 2. The number of nitrogens with zero attached hydrogens (tertiary/aromatic N) is 3. The first-order chi connectivity index (χ1) is 17.5. The molecule has 8 heteroatoms. The minimum Gasteiger partial charge on any atom is -0.380 e. The van der Waals surface area contributed by atoms with Crippen molar-refractivity contribution in [2.75, 3.05) is 19.6 Å². The molecular weight excluding hydrogens is 476 g/mol. The molecule has 0 unspecified atom stereocenters. The zero-order valence-corrected chi connectivity index (χ0v) is 20.7. The average Bonchev–Trinajstić information content (AvgIpc) is 3.55. The normalized spacial score (nSPS) is 20.2. The molecule has 6 rings (SSSR count). The van der Waals surface area contributed by atoms with E-state index < -0.39 is 17.0 Å². The third-order valence-corrected chi connectivity index (χ3v) is 7.56. The van der Waals surface area contributed by atoms with Crippen LogP contribution in [0.25, 0.3) is 21.9 Å². The predicted molar refractivity (Wildman–Crippen MR) is 136 cm³/mol. The van der Waals surface area contributed by atoms with Crippen LogP contribution >= 0.6 is 0 Å². The third kappa shape index (κ3) is 4.09. The number of hydrogen-bond acceptors (Lipinski definition) is 4. The number of benzene rings is 3. The highest BCUT2D eigenvalue weighted by molar-refractivity contribution is 6.15. The number of hydrogen-bond donors (Lipinski definition) is 1. The van der Waals surface area contributed by atoms with Crippen LogP contribution in [-0.4, -0.2) is 63.3 Å². The van der Waals surface area contributed by atoms with Gasteiger partial charge in [-0.05, 0) is 78.9 Å². The van der Waals surface area contributed by atoms with E-state index in [1.807, 2.05) is 12.1 Å². The minimum absolute atomic E-state index is 0.0270. The van der Waals surface area contributed by atoms with Gasteiger partial charge in [0.1, 0.15) is 28.6 Å². The number of amidine groups is 1. The lowest BCUT2D eigenvalue weighted by Crippen LogP contribution is -2.58. The van der Waals surface area contributed by atoms with Gasteiger partial charge in [0.05, 0.1) is 5.56 Å². The molecule has 2 fully saturated rings. The van der Waals surface area contributed by atoms with E-state index in [-0.39, 0.29) is 29.1 Å². The second-order valence-corrected chi connectivity index (χ2v) is 10.9. The molecule has 0 bridgehead atoms. The van der Waals surface area contributed by atoms with Crippen molar-refractivity contribution in [2.45, 2.75) is 37.8 Å². The van der Waals surface area contributed by atoms with E-state index >= 15 is 4.39 Å². The van der Waals surface area contributed by atoms with Crippen molar-refractivity contribution < 1.29 is 23.5 Å². The molecule has 1 saturated heterocycles. The van der Waals surface area contributed by atoms with E-state index in [1.54, 1.807) is 43.0 Å². The Hall–Kier alpha value is -3.65. The molecule has 3 aromatic rings. The van der Waals surface area contributed by atoms with Gasteiger partial charge in [-0.2, -0.15) is 0 Å². The van der Waals surface area contributed by atoms with Gasteiger partial charge in [-0.3, -0.25) is 19.5 Å². The van der Waals surface area contributed by atoms with Gasteiger partial charge in [0.2, 0.25) is 0 Å². The molecule has 1 N–H and O–H groups in total. The summed E-state index contributed by atoms with van der Waals surface area (Å²) in [6, 6.07) is 14.9. The highest BCUT2D eigenvalue weighted by Crippen LogP contribution is 2.39. The highest BCUT2D eigenvalue weighted by Gasteiger charge is 2.53. The van der Waals surface area contributed by atoms with Crippen molar-refractivity contribution >= 4 is 28.4 Å². The van der Waals surface area contributed by atoms with Crippen molar-refractivity contribution in [3.8, 4) is 11.1 Å². The van der Waals surface area contributed by atoms with Gasteiger partial charge in [0.15, 0.2) is 0 Å². The molecule has 1 saturated carbocycles. The van der Waals surface area contributed by atoms with Gasteiger partial charge in [0, 0.05) is 25.6 Å². The van der Waals surface area contributed by atoms with Crippen LogP contribution in [0.2, 0.25) is 0 Å². The SMILES string of the molecule is CC1(C)N=C(c2ccc(-c3ccc4cc(F)ccc4c3)cc2F)N(CC2CN(C(=O)C3(O)CC3)C2)C1=O. The second-order valence-electron chi connectivity index (χ2n) is 10.9. The molecule has 37 heavy (non-hydrogen) atoms. The molecule has 2 aliphatic heterocycles. The van der Waals surface area contributed by atoms with Crippen LogP contribution in [0, 0.1) is 17.6 Å². The van der Waals surface area contributed by atoms with Crippen LogP contribution in [0.15, 0.2) is 59.6 Å². The Labute approximate surface area is 213 Å². The maximum atomic E-state index is 15.5. The molecule has 1 aliphatic carbocycles. The van der Waals surface area contributed by atoms with Crippen molar-refractivity contribution in [1.82, 2.24) is 9.80 Å². The quantitative estimate of drug-likeness (QED) is 0.569. The molecule has 0 radical (unpaired) electrons. The number of halogens is 2. The maximum Gasteiger partial charge on any atom is 0.255 e. The van der Waals surface area contributed by atoms with Gasteiger partial charge in [-0.25, -0.2) is 8.78 Å². The Morgan fingerprint density at radius 3 is 2.35 bits per heavy atom.